The van der Waals surface area contributed by atoms with Gasteiger partial charge in [0, 0.05) is 13.2 Å². The van der Waals surface area contributed by atoms with Crippen LogP contribution in [0.25, 0.3) is 0 Å². The van der Waals surface area contributed by atoms with Crippen molar-refractivity contribution in [3.8, 4) is 0 Å². The van der Waals surface area contributed by atoms with Crippen LogP contribution in [-0.4, -0.2) is 19.3 Å². The van der Waals surface area contributed by atoms with Crippen LogP contribution < -0.4 is 5.73 Å². The second-order valence-electron chi connectivity index (χ2n) is 4.43. The van der Waals surface area contributed by atoms with Crippen molar-refractivity contribution in [1.82, 2.24) is 0 Å². The third-order valence-corrected chi connectivity index (χ3v) is 2.23. The van der Waals surface area contributed by atoms with Crippen molar-refractivity contribution in [1.29, 1.82) is 0 Å². The lowest BCUT2D eigenvalue weighted by atomic mass is 10.1. The molecule has 0 amide bonds. The smallest absolute Gasteiger partial charge is 0.0720 e. The van der Waals surface area contributed by atoms with Crippen LogP contribution in [0.1, 0.15) is 40.5 Å². The zero-order valence-corrected chi connectivity index (χ0v) is 9.55. The van der Waals surface area contributed by atoms with E-state index in [1.165, 1.54) is 6.42 Å². The molecule has 0 aliphatic rings. The van der Waals surface area contributed by atoms with Crippen LogP contribution in [0.4, 0.5) is 0 Å². The number of nitrogens with two attached hydrogens (primary N) is 1. The first kappa shape index (κ1) is 12.9. The van der Waals surface area contributed by atoms with Gasteiger partial charge in [-0.25, -0.2) is 0 Å². The Balaban J connectivity index is 3.39. The molecule has 2 heteroatoms. The van der Waals surface area contributed by atoms with Gasteiger partial charge in [-0.1, -0.05) is 27.7 Å². The standard InChI is InChI=1S/C11H25NO/c1-9(2)6-5-7-13-11(8-12)10(3)4/h9-11H,5-8,12H2,1-4H3. The molecule has 0 bridgehead atoms. The maximum atomic E-state index is 5.68. The van der Waals surface area contributed by atoms with E-state index in [1.807, 2.05) is 0 Å². The Hall–Kier alpha value is -0.0800. The van der Waals surface area contributed by atoms with Gasteiger partial charge in [-0.2, -0.15) is 0 Å². The zero-order chi connectivity index (χ0) is 10.3. The molecule has 0 fully saturated rings. The van der Waals surface area contributed by atoms with Crippen molar-refractivity contribution in [2.45, 2.75) is 46.6 Å². The van der Waals surface area contributed by atoms with Crippen LogP contribution in [0, 0.1) is 11.8 Å². The summed E-state index contributed by atoms with van der Waals surface area (Å²) in [6, 6.07) is 0. The monoisotopic (exact) mass is 187 g/mol. The van der Waals surface area contributed by atoms with E-state index in [0.29, 0.717) is 12.5 Å². The molecule has 2 nitrogen and oxygen atoms in total. The minimum atomic E-state index is 0.243. The molecule has 13 heavy (non-hydrogen) atoms. The van der Waals surface area contributed by atoms with Crippen molar-refractivity contribution in [3.63, 3.8) is 0 Å². The van der Waals surface area contributed by atoms with Gasteiger partial charge in [-0.3, -0.25) is 0 Å². The second kappa shape index (κ2) is 7.34. The molecule has 80 valence electrons. The van der Waals surface area contributed by atoms with Gasteiger partial charge in [-0.05, 0) is 24.7 Å². The van der Waals surface area contributed by atoms with Crippen molar-refractivity contribution >= 4 is 0 Å². The summed E-state index contributed by atoms with van der Waals surface area (Å²) in [6.07, 6.45) is 2.64. The highest BCUT2D eigenvalue weighted by atomic mass is 16.5. The van der Waals surface area contributed by atoms with Crippen molar-refractivity contribution in [2.24, 2.45) is 17.6 Å². The van der Waals surface area contributed by atoms with Gasteiger partial charge in [0.2, 0.25) is 0 Å². The highest BCUT2D eigenvalue weighted by Crippen LogP contribution is 2.08. The number of ether oxygens (including phenoxy) is 1. The van der Waals surface area contributed by atoms with Crippen molar-refractivity contribution in [2.75, 3.05) is 13.2 Å². The molecule has 0 aliphatic carbocycles. The Morgan fingerprint density at radius 3 is 2.15 bits per heavy atom. The molecule has 1 atom stereocenters. The molecule has 0 saturated heterocycles. The Bertz CT molecular complexity index is 113. The van der Waals surface area contributed by atoms with E-state index >= 15 is 0 Å². The van der Waals surface area contributed by atoms with Crippen LogP contribution in [0.3, 0.4) is 0 Å². The molecule has 0 rings (SSSR count). The van der Waals surface area contributed by atoms with Gasteiger partial charge in [0.05, 0.1) is 6.10 Å². The fourth-order valence-corrected chi connectivity index (χ4v) is 1.26. The van der Waals surface area contributed by atoms with E-state index in [0.717, 1.165) is 18.9 Å². The normalized spacial score (nSPS) is 14.1. The van der Waals surface area contributed by atoms with Crippen LogP contribution >= 0.6 is 0 Å². The summed E-state index contributed by atoms with van der Waals surface area (Å²) in [5, 5.41) is 0. The molecule has 0 aromatic heterocycles. The van der Waals surface area contributed by atoms with Crippen LogP contribution in [0.15, 0.2) is 0 Å². The molecule has 0 radical (unpaired) electrons. The van der Waals surface area contributed by atoms with Crippen LogP contribution in [0.2, 0.25) is 0 Å². The lowest BCUT2D eigenvalue weighted by molar-refractivity contribution is 0.0255. The van der Waals surface area contributed by atoms with Crippen molar-refractivity contribution < 1.29 is 4.74 Å². The van der Waals surface area contributed by atoms with E-state index in [9.17, 15) is 0 Å². The predicted octanol–water partition coefficient (Wildman–Crippen LogP) is 2.42. The molecule has 0 aliphatic heterocycles. The van der Waals surface area contributed by atoms with E-state index in [2.05, 4.69) is 27.7 Å². The van der Waals surface area contributed by atoms with Gasteiger partial charge < -0.3 is 10.5 Å². The van der Waals surface area contributed by atoms with Gasteiger partial charge in [0.1, 0.15) is 0 Å². The third kappa shape index (κ3) is 7.03. The average molecular weight is 187 g/mol. The van der Waals surface area contributed by atoms with Crippen LogP contribution in [0.5, 0.6) is 0 Å². The Morgan fingerprint density at radius 1 is 1.15 bits per heavy atom. The summed E-state index contributed by atoms with van der Waals surface area (Å²) in [4.78, 5) is 0. The maximum Gasteiger partial charge on any atom is 0.0720 e. The quantitative estimate of drug-likeness (QED) is 0.621. The minimum Gasteiger partial charge on any atom is -0.377 e. The largest absolute Gasteiger partial charge is 0.377 e. The lowest BCUT2D eigenvalue weighted by Crippen LogP contribution is -2.29. The maximum absolute atomic E-state index is 5.68. The number of hydrogen-bond donors (Lipinski definition) is 1. The highest BCUT2D eigenvalue weighted by molar-refractivity contribution is 4.62. The molecule has 0 saturated carbocycles. The molecule has 0 aromatic rings. The molecule has 0 aromatic carbocycles. The Labute approximate surface area is 82.8 Å². The Morgan fingerprint density at radius 2 is 1.77 bits per heavy atom. The molecule has 0 spiro atoms. The fraction of sp³-hybridized carbons (Fsp3) is 1.00. The second-order valence-corrected chi connectivity index (χ2v) is 4.43. The summed E-state index contributed by atoms with van der Waals surface area (Å²) in [7, 11) is 0. The fourth-order valence-electron chi connectivity index (χ4n) is 1.26. The first-order valence-corrected chi connectivity index (χ1v) is 5.39. The van der Waals surface area contributed by atoms with Gasteiger partial charge in [-0.15, -0.1) is 0 Å². The number of rotatable bonds is 7. The van der Waals surface area contributed by atoms with Gasteiger partial charge in [0.25, 0.3) is 0 Å². The van der Waals surface area contributed by atoms with Crippen molar-refractivity contribution in [3.05, 3.63) is 0 Å². The third-order valence-electron chi connectivity index (χ3n) is 2.23. The number of hydrogen-bond acceptors (Lipinski definition) is 2. The van der Waals surface area contributed by atoms with E-state index in [-0.39, 0.29) is 6.10 Å². The zero-order valence-electron chi connectivity index (χ0n) is 9.55. The van der Waals surface area contributed by atoms with E-state index < -0.39 is 0 Å². The summed E-state index contributed by atoms with van der Waals surface area (Å²) in [6.45, 7) is 10.3. The molecule has 0 heterocycles. The summed E-state index contributed by atoms with van der Waals surface area (Å²) >= 11 is 0. The predicted molar refractivity (Wildman–Crippen MR) is 57.7 cm³/mol. The highest BCUT2D eigenvalue weighted by Gasteiger charge is 2.10. The van der Waals surface area contributed by atoms with Gasteiger partial charge >= 0.3 is 0 Å². The first-order valence-electron chi connectivity index (χ1n) is 5.39. The molecule has 1 unspecified atom stereocenters. The SMILES string of the molecule is CC(C)CCCOC(CN)C(C)C. The summed E-state index contributed by atoms with van der Waals surface area (Å²) in [5.74, 6) is 1.31. The van der Waals surface area contributed by atoms with Crippen LogP contribution in [-0.2, 0) is 4.74 Å². The lowest BCUT2D eigenvalue weighted by Gasteiger charge is -2.19. The average Bonchev–Trinajstić information content (AvgIpc) is 2.03. The summed E-state index contributed by atoms with van der Waals surface area (Å²) in [5.41, 5.74) is 5.59. The summed E-state index contributed by atoms with van der Waals surface area (Å²) < 4.78 is 5.68. The van der Waals surface area contributed by atoms with Gasteiger partial charge in [0.15, 0.2) is 0 Å². The molecular formula is C11H25NO. The topological polar surface area (TPSA) is 35.2 Å². The van der Waals surface area contributed by atoms with E-state index in [1.54, 1.807) is 0 Å². The van der Waals surface area contributed by atoms with E-state index in [4.69, 9.17) is 10.5 Å². The first-order chi connectivity index (χ1) is 6.07. The molecule has 2 N–H and O–H groups in total. The molecular weight excluding hydrogens is 162 g/mol. The Kier molecular flexibility index (Phi) is 7.29. The minimum absolute atomic E-state index is 0.243.